The zero-order valence-electron chi connectivity index (χ0n) is 16.4. The lowest BCUT2D eigenvalue weighted by Gasteiger charge is -2.56. The van der Waals surface area contributed by atoms with E-state index in [-0.39, 0.29) is 23.6 Å². The number of amides is 1. The largest absolute Gasteiger partial charge is 0.348 e. The molecule has 4 unspecified atom stereocenters. The molecule has 1 amide bonds. The van der Waals surface area contributed by atoms with E-state index in [1.165, 1.54) is 36.8 Å². The number of aromatic nitrogens is 4. The topological polar surface area (TPSA) is 81.3 Å². The fourth-order valence-electron chi connectivity index (χ4n) is 6.67. The van der Waals surface area contributed by atoms with Crippen molar-refractivity contribution in [3.05, 3.63) is 27.9 Å². The summed E-state index contributed by atoms with van der Waals surface area (Å²) in [5.74, 6) is 3.16. The van der Waals surface area contributed by atoms with Gasteiger partial charge in [0.1, 0.15) is 17.9 Å². The zero-order chi connectivity index (χ0) is 19.0. The fourth-order valence-corrected chi connectivity index (χ4v) is 6.67. The van der Waals surface area contributed by atoms with Crippen LogP contribution < -0.4 is 10.9 Å². The summed E-state index contributed by atoms with van der Waals surface area (Å²) in [5.41, 5.74) is 1.27. The molecule has 4 saturated carbocycles. The molecule has 28 heavy (non-hydrogen) atoms. The molecule has 2 heterocycles. The van der Waals surface area contributed by atoms with E-state index in [0.717, 1.165) is 30.9 Å². The molecule has 4 aliphatic carbocycles. The molecular formula is C21H27N5O2. The lowest BCUT2D eigenvalue weighted by atomic mass is 9.54. The van der Waals surface area contributed by atoms with Gasteiger partial charge in [0.15, 0.2) is 0 Å². The van der Waals surface area contributed by atoms with Crippen LogP contribution in [0, 0.1) is 24.7 Å². The van der Waals surface area contributed by atoms with Crippen molar-refractivity contribution < 1.29 is 4.79 Å². The number of nitrogens with zero attached hydrogens (tertiary/aromatic N) is 4. The van der Waals surface area contributed by atoms with Gasteiger partial charge in [0, 0.05) is 11.5 Å². The van der Waals surface area contributed by atoms with Gasteiger partial charge in [0.05, 0.1) is 5.69 Å². The van der Waals surface area contributed by atoms with Crippen LogP contribution >= 0.6 is 0 Å². The molecule has 7 nitrogen and oxygen atoms in total. The number of fused-ring (bicyclic) bond motifs is 5. The van der Waals surface area contributed by atoms with Crippen LogP contribution in [0.3, 0.4) is 0 Å². The van der Waals surface area contributed by atoms with Crippen molar-refractivity contribution in [1.82, 2.24) is 24.7 Å². The number of carbonyl (C=O) groups excluding carboxylic acids is 1. The first-order chi connectivity index (χ1) is 13.6. The molecule has 0 saturated heterocycles. The Labute approximate surface area is 163 Å². The number of rotatable bonds is 4. The number of hydrogen-bond donors (Lipinski definition) is 1. The van der Waals surface area contributed by atoms with E-state index in [4.69, 9.17) is 0 Å². The van der Waals surface area contributed by atoms with Crippen LogP contribution in [0.5, 0.6) is 0 Å². The molecule has 0 bridgehead atoms. The van der Waals surface area contributed by atoms with Gasteiger partial charge in [0.25, 0.3) is 5.56 Å². The fraction of sp³-hybridized carbons (Fsp3) is 0.714. The third-order valence-corrected chi connectivity index (χ3v) is 7.93. The molecule has 7 heteroatoms. The molecule has 148 valence electrons. The van der Waals surface area contributed by atoms with Crippen molar-refractivity contribution in [3.63, 3.8) is 0 Å². The highest BCUT2D eigenvalue weighted by molar-refractivity contribution is 5.77. The van der Waals surface area contributed by atoms with Gasteiger partial charge in [-0.25, -0.2) is 9.20 Å². The molecule has 0 aromatic carbocycles. The van der Waals surface area contributed by atoms with E-state index in [1.807, 2.05) is 13.0 Å². The second-order valence-corrected chi connectivity index (χ2v) is 9.44. The molecular weight excluding hydrogens is 354 g/mol. The van der Waals surface area contributed by atoms with Gasteiger partial charge in [-0.1, -0.05) is 12.8 Å². The van der Waals surface area contributed by atoms with E-state index >= 15 is 0 Å². The molecule has 4 aliphatic rings. The highest BCUT2D eigenvalue weighted by Crippen LogP contribution is 2.64. The number of hydrogen-bond acceptors (Lipinski definition) is 4. The summed E-state index contributed by atoms with van der Waals surface area (Å²) in [4.78, 5) is 25.8. The third-order valence-electron chi connectivity index (χ3n) is 7.93. The van der Waals surface area contributed by atoms with Gasteiger partial charge in [0.2, 0.25) is 5.91 Å². The summed E-state index contributed by atoms with van der Waals surface area (Å²) in [7, 11) is 0. The van der Waals surface area contributed by atoms with Crippen molar-refractivity contribution in [2.75, 3.05) is 0 Å². The van der Waals surface area contributed by atoms with Crippen molar-refractivity contribution in [3.8, 4) is 0 Å². The lowest BCUT2D eigenvalue weighted by Crippen LogP contribution is -2.67. The summed E-state index contributed by atoms with van der Waals surface area (Å²) >= 11 is 0. The van der Waals surface area contributed by atoms with Crippen LogP contribution in [-0.2, 0) is 11.3 Å². The standard InChI is InChI=1S/C21H27N5O2/c1-12-23-25(20(28)18-10-17(13-7-8-13)24-26(12)18)11-19(27)22-21-9-3-6-16(21)14-4-2-5-15(14)21/h10,13-16H,2-9,11H2,1H3,(H,22,27). The van der Waals surface area contributed by atoms with E-state index in [2.05, 4.69) is 15.5 Å². The Hall–Kier alpha value is -2.18. The van der Waals surface area contributed by atoms with Gasteiger partial charge in [-0.05, 0) is 69.3 Å². The molecule has 4 fully saturated rings. The Balaban J connectivity index is 1.27. The minimum absolute atomic E-state index is 0.00322. The average molecular weight is 381 g/mol. The van der Waals surface area contributed by atoms with Crippen LogP contribution in [-0.4, -0.2) is 30.8 Å². The highest BCUT2D eigenvalue weighted by atomic mass is 16.2. The SMILES string of the molecule is Cc1nn(CC(=O)NC23CCCC2C2CCCC23)c(=O)c2cc(C3CC3)nn12. The zero-order valence-corrected chi connectivity index (χ0v) is 16.4. The van der Waals surface area contributed by atoms with Gasteiger partial charge in [-0.3, -0.25) is 9.59 Å². The minimum Gasteiger partial charge on any atom is -0.348 e. The number of aryl methyl sites for hydroxylation is 1. The van der Waals surface area contributed by atoms with Crippen LogP contribution in [0.1, 0.15) is 68.8 Å². The molecule has 0 radical (unpaired) electrons. The third kappa shape index (κ3) is 2.22. The van der Waals surface area contributed by atoms with Gasteiger partial charge < -0.3 is 5.32 Å². The van der Waals surface area contributed by atoms with E-state index in [1.54, 1.807) is 4.52 Å². The molecule has 4 atom stereocenters. The maximum Gasteiger partial charge on any atom is 0.293 e. The Bertz CT molecular complexity index is 1020. The van der Waals surface area contributed by atoms with Gasteiger partial charge in [-0.2, -0.15) is 10.2 Å². The van der Waals surface area contributed by atoms with Crippen LogP contribution in [0.15, 0.2) is 10.9 Å². The van der Waals surface area contributed by atoms with Crippen molar-refractivity contribution in [2.45, 2.75) is 76.3 Å². The molecule has 2 aromatic rings. The molecule has 6 rings (SSSR count). The Kier molecular flexibility index (Phi) is 3.39. The second-order valence-electron chi connectivity index (χ2n) is 9.44. The summed E-state index contributed by atoms with van der Waals surface area (Å²) in [6.07, 6.45) is 9.68. The molecule has 0 aliphatic heterocycles. The summed E-state index contributed by atoms with van der Waals surface area (Å²) in [5, 5.41) is 12.3. The monoisotopic (exact) mass is 381 g/mol. The molecule has 2 aromatic heterocycles. The quantitative estimate of drug-likeness (QED) is 0.880. The highest BCUT2D eigenvalue weighted by Gasteiger charge is 2.64. The predicted molar refractivity (Wildman–Crippen MR) is 103 cm³/mol. The maximum absolute atomic E-state index is 12.9. The molecule has 0 spiro atoms. The van der Waals surface area contributed by atoms with E-state index in [9.17, 15) is 9.59 Å². The van der Waals surface area contributed by atoms with Crippen molar-refractivity contribution in [1.29, 1.82) is 0 Å². The smallest absolute Gasteiger partial charge is 0.293 e. The minimum atomic E-state index is -0.229. The van der Waals surface area contributed by atoms with Crippen molar-refractivity contribution in [2.24, 2.45) is 17.8 Å². The lowest BCUT2D eigenvalue weighted by molar-refractivity contribution is -0.131. The second kappa shape index (κ2) is 5.67. The van der Waals surface area contributed by atoms with Crippen LogP contribution in [0.25, 0.3) is 5.52 Å². The average Bonchev–Trinajstić information content (AvgIpc) is 3.12. The number of nitrogens with one attached hydrogen (secondary N) is 1. The Morgan fingerprint density at radius 2 is 1.96 bits per heavy atom. The maximum atomic E-state index is 12.9. The Morgan fingerprint density at radius 3 is 2.75 bits per heavy atom. The van der Waals surface area contributed by atoms with Gasteiger partial charge in [-0.15, -0.1) is 0 Å². The summed E-state index contributed by atoms with van der Waals surface area (Å²) in [6.45, 7) is 1.83. The van der Waals surface area contributed by atoms with Crippen molar-refractivity contribution >= 4 is 11.4 Å². The molecule has 1 N–H and O–H groups in total. The van der Waals surface area contributed by atoms with Crippen LogP contribution in [0.2, 0.25) is 0 Å². The Morgan fingerprint density at radius 1 is 1.18 bits per heavy atom. The predicted octanol–water partition coefficient (Wildman–Crippen LogP) is 2.16. The normalized spacial score (nSPS) is 33.5. The first-order valence-corrected chi connectivity index (χ1v) is 10.9. The number of carbonyl (C=O) groups is 1. The first kappa shape index (κ1) is 16.7. The van der Waals surface area contributed by atoms with E-state index < -0.39 is 0 Å². The summed E-state index contributed by atoms with van der Waals surface area (Å²) in [6, 6.07) is 1.88. The van der Waals surface area contributed by atoms with Gasteiger partial charge >= 0.3 is 0 Å². The van der Waals surface area contributed by atoms with E-state index in [0.29, 0.717) is 29.1 Å². The van der Waals surface area contributed by atoms with Crippen LogP contribution in [0.4, 0.5) is 0 Å². The summed E-state index contributed by atoms with van der Waals surface area (Å²) < 4.78 is 2.95. The first-order valence-electron chi connectivity index (χ1n) is 10.9.